The molecule has 0 saturated carbocycles. The van der Waals surface area contributed by atoms with E-state index in [4.69, 9.17) is 0 Å². The number of hydrogen-bond donors (Lipinski definition) is 2. The lowest BCUT2D eigenvalue weighted by atomic mass is 10.1. The van der Waals surface area contributed by atoms with Gasteiger partial charge in [0.15, 0.2) is 0 Å². The van der Waals surface area contributed by atoms with Crippen molar-refractivity contribution in [3.63, 3.8) is 0 Å². The second kappa shape index (κ2) is 9.87. The molecular weight excluding hydrogens is 462 g/mol. The Hall–Kier alpha value is -3.00. The van der Waals surface area contributed by atoms with E-state index in [1.54, 1.807) is 0 Å². The van der Waals surface area contributed by atoms with E-state index in [2.05, 4.69) is 26.6 Å². The van der Waals surface area contributed by atoms with Crippen LogP contribution in [0.1, 0.15) is 62.8 Å². The minimum atomic E-state index is -0.401. The highest BCUT2D eigenvalue weighted by molar-refractivity contribution is 9.10. The molecule has 0 bridgehead atoms. The average molecular weight is 486 g/mol. The maximum absolute atomic E-state index is 12.5. The summed E-state index contributed by atoms with van der Waals surface area (Å²) in [4.78, 5) is 50.8. The zero-order valence-electron chi connectivity index (χ0n) is 17.5. The van der Waals surface area contributed by atoms with Crippen molar-refractivity contribution in [3.05, 3.63) is 63.1 Å². The molecule has 4 amide bonds. The van der Waals surface area contributed by atoms with Gasteiger partial charge in [0.1, 0.15) is 0 Å². The van der Waals surface area contributed by atoms with E-state index in [0.29, 0.717) is 17.8 Å². The average Bonchev–Trinajstić information content (AvgIpc) is 2.98. The molecule has 1 aliphatic rings. The summed E-state index contributed by atoms with van der Waals surface area (Å²) in [6.07, 6.45) is 1.71. The SMILES string of the molecule is CCCCN1C(=O)c2ccc(C(=O)NCCC(=O)Nc3cc(Br)ccc3C)cc2C1=O. The molecule has 2 aromatic carbocycles. The highest BCUT2D eigenvalue weighted by atomic mass is 79.9. The third kappa shape index (κ3) is 5.19. The van der Waals surface area contributed by atoms with Crippen molar-refractivity contribution in [3.8, 4) is 0 Å². The van der Waals surface area contributed by atoms with Crippen molar-refractivity contribution < 1.29 is 19.2 Å². The maximum Gasteiger partial charge on any atom is 0.261 e. The van der Waals surface area contributed by atoms with Crippen LogP contribution in [0.5, 0.6) is 0 Å². The Morgan fingerprint density at radius 3 is 2.52 bits per heavy atom. The molecule has 7 nitrogen and oxygen atoms in total. The first-order chi connectivity index (χ1) is 14.8. The Balaban J connectivity index is 1.57. The summed E-state index contributed by atoms with van der Waals surface area (Å²) in [6.45, 7) is 4.40. The first kappa shape index (κ1) is 22.7. The van der Waals surface area contributed by atoms with Crippen molar-refractivity contribution >= 4 is 45.2 Å². The molecule has 0 unspecified atom stereocenters. The van der Waals surface area contributed by atoms with Crippen molar-refractivity contribution in [2.75, 3.05) is 18.4 Å². The molecule has 0 radical (unpaired) electrons. The van der Waals surface area contributed by atoms with Gasteiger partial charge in [-0.05, 0) is 49.2 Å². The number of aryl methyl sites for hydroxylation is 1. The molecule has 162 valence electrons. The van der Waals surface area contributed by atoms with E-state index >= 15 is 0 Å². The third-order valence-electron chi connectivity index (χ3n) is 5.08. The Morgan fingerprint density at radius 1 is 1.03 bits per heavy atom. The van der Waals surface area contributed by atoms with Crippen LogP contribution in [0.2, 0.25) is 0 Å². The largest absolute Gasteiger partial charge is 0.352 e. The predicted molar refractivity (Wildman–Crippen MR) is 121 cm³/mol. The van der Waals surface area contributed by atoms with Gasteiger partial charge in [-0.3, -0.25) is 24.1 Å². The molecule has 2 N–H and O–H groups in total. The Morgan fingerprint density at radius 2 is 1.77 bits per heavy atom. The molecule has 0 atom stereocenters. The normalized spacial score (nSPS) is 12.7. The lowest BCUT2D eigenvalue weighted by molar-refractivity contribution is -0.116. The van der Waals surface area contributed by atoms with Gasteiger partial charge in [0.05, 0.1) is 11.1 Å². The molecular formula is C23H24BrN3O4. The monoisotopic (exact) mass is 485 g/mol. The standard InChI is InChI=1S/C23H24BrN3O4/c1-3-4-11-27-22(30)17-8-6-15(12-18(17)23(27)31)21(29)25-10-9-20(28)26-19-13-16(24)7-5-14(19)2/h5-8,12-13H,3-4,9-11H2,1-2H3,(H,25,29)(H,26,28). The number of unbranched alkanes of at least 4 members (excludes halogenated alkanes) is 1. The number of fused-ring (bicyclic) bond motifs is 1. The molecule has 0 aliphatic carbocycles. The number of nitrogens with zero attached hydrogens (tertiary/aromatic N) is 1. The molecule has 1 aliphatic heterocycles. The van der Waals surface area contributed by atoms with E-state index < -0.39 is 5.91 Å². The van der Waals surface area contributed by atoms with Gasteiger partial charge < -0.3 is 10.6 Å². The van der Waals surface area contributed by atoms with Crippen molar-refractivity contribution in [1.29, 1.82) is 0 Å². The Bertz CT molecular complexity index is 1050. The first-order valence-corrected chi connectivity index (χ1v) is 11.0. The molecule has 1 heterocycles. The zero-order chi connectivity index (χ0) is 22.5. The molecule has 8 heteroatoms. The molecule has 2 aromatic rings. The number of anilines is 1. The van der Waals surface area contributed by atoms with E-state index in [-0.39, 0.29) is 41.8 Å². The highest BCUT2D eigenvalue weighted by Gasteiger charge is 2.35. The van der Waals surface area contributed by atoms with Crippen LogP contribution < -0.4 is 10.6 Å². The fourth-order valence-corrected chi connectivity index (χ4v) is 3.65. The van der Waals surface area contributed by atoms with Gasteiger partial charge in [0.2, 0.25) is 5.91 Å². The fraction of sp³-hybridized carbons (Fsp3) is 0.304. The van der Waals surface area contributed by atoms with Crippen LogP contribution in [0.4, 0.5) is 5.69 Å². The second-order valence-electron chi connectivity index (χ2n) is 7.39. The Labute approximate surface area is 189 Å². The van der Waals surface area contributed by atoms with Crippen LogP contribution in [0.15, 0.2) is 40.9 Å². The van der Waals surface area contributed by atoms with Gasteiger partial charge >= 0.3 is 0 Å². The molecule has 0 spiro atoms. The van der Waals surface area contributed by atoms with Gasteiger partial charge in [-0.25, -0.2) is 0 Å². The number of rotatable bonds is 8. The van der Waals surface area contributed by atoms with E-state index in [0.717, 1.165) is 22.9 Å². The topological polar surface area (TPSA) is 95.6 Å². The summed E-state index contributed by atoms with van der Waals surface area (Å²) < 4.78 is 0.861. The number of carbonyl (C=O) groups is 4. The molecule has 31 heavy (non-hydrogen) atoms. The van der Waals surface area contributed by atoms with Gasteiger partial charge in [0, 0.05) is 35.2 Å². The molecule has 0 saturated heterocycles. The summed E-state index contributed by atoms with van der Waals surface area (Å²) in [6, 6.07) is 10.1. The lowest BCUT2D eigenvalue weighted by Gasteiger charge is -2.12. The van der Waals surface area contributed by atoms with E-state index in [1.807, 2.05) is 32.0 Å². The lowest BCUT2D eigenvalue weighted by Crippen LogP contribution is -2.30. The zero-order valence-corrected chi connectivity index (χ0v) is 19.0. The van der Waals surface area contributed by atoms with Crippen molar-refractivity contribution in [2.24, 2.45) is 0 Å². The predicted octanol–water partition coefficient (Wildman–Crippen LogP) is 3.91. The molecule has 0 fully saturated rings. The van der Waals surface area contributed by atoms with Crippen LogP contribution in [0, 0.1) is 6.92 Å². The van der Waals surface area contributed by atoms with Crippen LogP contribution in [0.25, 0.3) is 0 Å². The van der Waals surface area contributed by atoms with Gasteiger partial charge in [-0.15, -0.1) is 0 Å². The number of carbonyl (C=O) groups excluding carboxylic acids is 4. The smallest absolute Gasteiger partial charge is 0.261 e. The number of amides is 4. The summed E-state index contributed by atoms with van der Waals surface area (Å²) in [5.74, 6) is -1.31. The molecule has 3 rings (SSSR count). The summed E-state index contributed by atoms with van der Waals surface area (Å²) in [7, 11) is 0. The number of benzene rings is 2. The fourth-order valence-electron chi connectivity index (χ4n) is 3.28. The maximum atomic E-state index is 12.5. The van der Waals surface area contributed by atoms with Gasteiger partial charge in [-0.2, -0.15) is 0 Å². The number of halogens is 1. The number of nitrogens with one attached hydrogen (secondary N) is 2. The van der Waals surface area contributed by atoms with Crippen LogP contribution >= 0.6 is 15.9 Å². The van der Waals surface area contributed by atoms with E-state index in [1.165, 1.54) is 23.1 Å². The second-order valence-corrected chi connectivity index (χ2v) is 8.30. The quantitative estimate of drug-likeness (QED) is 0.554. The minimum Gasteiger partial charge on any atom is -0.352 e. The van der Waals surface area contributed by atoms with Crippen molar-refractivity contribution in [1.82, 2.24) is 10.2 Å². The van der Waals surface area contributed by atoms with Crippen LogP contribution in [-0.4, -0.2) is 41.6 Å². The van der Waals surface area contributed by atoms with Crippen LogP contribution in [0.3, 0.4) is 0 Å². The van der Waals surface area contributed by atoms with Crippen LogP contribution in [-0.2, 0) is 4.79 Å². The molecule has 0 aromatic heterocycles. The number of hydrogen-bond acceptors (Lipinski definition) is 4. The summed E-state index contributed by atoms with van der Waals surface area (Å²) >= 11 is 3.37. The first-order valence-electron chi connectivity index (χ1n) is 10.2. The third-order valence-corrected chi connectivity index (χ3v) is 5.57. The highest BCUT2D eigenvalue weighted by Crippen LogP contribution is 2.24. The Kier molecular flexibility index (Phi) is 7.22. The van der Waals surface area contributed by atoms with Gasteiger partial charge in [-0.1, -0.05) is 35.3 Å². The summed E-state index contributed by atoms with van der Waals surface area (Å²) in [5, 5.41) is 5.51. The van der Waals surface area contributed by atoms with E-state index in [9.17, 15) is 19.2 Å². The van der Waals surface area contributed by atoms with Gasteiger partial charge in [0.25, 0.3) is 17.7 Å². The number of imide groups is 1. The minimum absolute atomic E-state index is 0.102. The van der Waals surface area contributed by atoms with Crippen molar-refractivity contribution in [2.45, 2.75) is 33.1 Å². The summed E-state index contributed by atoms with van der Waals surface area (Å²) in [5.41, 5.74) is 2.49.